The molecule has 0 aliphatic carbocycles. The van der Waals surface area contributed by atoms with E-state index in [1.807, 2.05) is 0 Å². The van der Waals surface area contributed by atoms with E-state index in [2.05, 4.69) is 15.6 Å². The number of nitrogens with zero attached hydrogens (tertiary/aromatic N) is 2. The van der Waals surface area contributed by atoms with E-state index < -0.39 is 33.3 Å². The lowest BCUT2D eigenvalue weighted by Gasteiger charge is -2.33. The highest BCUT2D eigenvalue weighted by molar-refractivity contribution is 7.89. The van der Waals surface area contributed by atoms with Gasteiger partial charge in [0.05, 0.1) is 19.1 Å². The van der Waals surface area contributed by atoms with E-state index in [-0.39, 0.29) is 19.2 Å². The molecule has 2 saturated heterocycles. The third-order valence-electron chi connectivity index (χ3n) is 4.62. The van der Waals surface area contributed by atoms with Crippen LogP contribution in [0, 0.1) is 0 Å². The van der Waals surface area contributed by atoms with Crippen LogP contribution in [-0.2, 0) is 14.8 Å². The van der Waals surface area contributed by atoms with Gasteiger partial charge >= 0.3 is 6.03 Å². The van der Waals surface area contributed by atoms with Crippen LogP contribution in [0.25, 0.3) is 0 Å². The van der Waals surface area contributed by atoms with Gasteiger partial charge in [-0.25, -0.2) is 22.5 Å². The van der Waals surface area contributed by atoms with Crippen LogP contribution in [-0.4, -0.2) is 67.2 Å². The quantitative estimate of drug-likeness (QED) is 0.639. The molecule has 1 aromatic heterocycles. The summed E-state index contributed by atoms with van der Waals surface area (Å²) in [5, 5.41) is 4.44. The first kappa shape index (κ1) is 19.4. The fourth-order valence-corrected chi connectivity index (χ4v) is 4.98. The number of rotatable bonds is 6. The first-order chi connectivity index (χ1) is 12.7. The predicted octanol–water partition coefficient (Wildman–Crippen LogP) is -0.139. The molecule has 2 aliphatic heterocycles. The van der Waals surface area contributed by atoms with Crippen LogP contribution in [0.2, 0.25) is 0 Å². The van der Waals surface area contributed by atoms with Gasteiger partial charge in [-0.3, -0.25) is 10.1 Å². The number of amides is 3. The second-order valence-corrected chi connectivity index (χ2v) is 8.72. The van der Waals surface area contributed by atoms with Crippen LogP contribution in [0.1, 0.15) is 19.8 Å². The minimum Gasteiger partial charge on any atom is -0.495 e. The van der Waals surface area contributed by atoms with E-state index in [9.17, 15) is 18.0 Å². The summed E-state index contributed by atoms with van der Waals surface area (Å²) >= 11 is 0. The number of hydrogen-bond acceptors (Lipinski definition) is 7. The number of pyridine rings is 1. The van der Waals surface area contributed by atoms with E-state index in [0.29, 0.717) is 24.5 Å². The molecule has 11 heteroatoms. The first-order valence-corrected chi connectivity index (χ1v) is 10.1. The van der Waals surface area contributed by atoms with Crippen molar-refractivity contribution in [2.75, 3.05) is 26.0 Å². The van der Waals surface area contributed by atoms with Crippen molar-refractivity contribution in [3.63, 3.8) is 0 Å². The number of hydrogen-bond donors (Lipinski definition) is 2. The maximum atomic E-state index is 12.7. The fraction of sp³-hybridized carbons (Fsp3) is 0.562. The Balaban J connectivity index is 1.56. The zero-order chi connectivity index (χ0) is 19.7. The summed E-state index contributed by atoms with van der Waals surface area (Å²) in [6.45, 7) is 1.94. The molecule has 148 valence electrons. The average Bonchev–Trinajstić information content (AvgIpc) is 2.87. The summed E-state index contributed by atoms with van der Waals surface area (Å²) in [6.07, 6.45) is 2.41. The molecule has 1 unspecified atom stereocenters. The molecule has 0 bridgehead atoms. The molecule has 3 amide bonds. The maximum absolute atomic E-state index is 12.7. The summed E-state index contributed by atoms with van der Waals surface area (Å²) in [5.74, 6) is -0.0435. The Morgan fingerprint density at radius 2 is 2.00 bits per heavy atom. The monoisotopic (exact) mass is 398 g/mol. The molecule has 3 heterocycles. The van der Waals surface area contributed by atoms with Gasteiger partial charge in [-0.2, -0.15) is 0 Å². The smallest absolute Gasteiger partial charge is 0.322 e. The molecule has 2 N–H and O–H groups in total. The summed E-state index contributed by atoms with van der Waals surface area (Å²) in [5.41, 5.74) is -1.46. The lowest BCUT2D eigenvalue weighted by atomic mass is 10.1. The van der Waals surface area contributed by atoms with Gasteiger partial charge in [0.25, 0.3) is 5.91 Å². The zero-order valence-electron chi connectivity index (χ0n) is 15.1. The van der Waals surface area contributed by atoms with Crippen molar-refractivity contribution in [1.29, 1.82) is 0 Å². The van der Waals surface area contributed by atoms with Gasteiger partial charge in [0.2, 0.25) is 15.9 Å². The summed E-state index contributed by atoms with van der Waals surface area (Å²) in [6, 6.07) is 2.75. The van der Waals surface area contributed by atoms with Crippen molar-refractivity contribution in [2.45, 2.75) is 31.4 Å². The highest BCUT2D eigenvalue weighted by Crippen LogP contribution is 2.23. The van der Waals surface area contributed by atoms with Crippen molar-refractivity contribution >= 4 is 22.0 Å². The van der Waals surface area contributed by atoms with Gasteiger partial charge < -0.3 is 14.8 Å². The van der Waals surface area contributed by atoms with E-state index in [0.717, 1.165) is 0 Å². The van der Waals surface area contributed by atoms with E-state index in [1.54, 1.807) is 25.4 Å². The molecule has 0 saturated carbocycles. The highest BCUT2D eigenvalue weighted by atomic mass is 32.2. The van der Waals surface area contributed by atoms with Crippen LogP contribution in [0.3, 0.4) is 0 Å². The number of carbonyl (C=O) groups excluding carboxylic acids is 2. The molecular weight excluding hydrogens is 376 g/mol. The Morgan fingerprint density at radius 3 is 2.52 bits per heavy atom. The normalized spacial score (nSPS) is 24.4. The Kier molecular flexibility index (Phi) is 5.24. The molecule has 0 aromatic carbocycles. The number of ether oxygens (including phenoxy) is 2. The number of methoxy groups -OCH3 is 1. The Labute approximate surface area is 157 Å². The maximum Gasteiger partial charge on any atom is 0.322 e. The number of urea groups is 1. The SMILES string of the molecule is COc1ccc(OC2CCN(S(=O)(=O)CC3(C)NC(=O)NC3=O)CC2)nc1. The van der Waals surface area contributed by atoms with Crippen molar-refractivity contribution in [3.8, 4) is 11.6 Å². The molecule has 3 rings (SSSR count). The number of carbonyl (C=O) groups is 2. The van der Waals surface area contributed by atoms with Gasteiger partial charge in [0.1, 0.15) is 17.4 Å². The van der Waals surface area contributed by atoms with Gasteiger partial charge in [-0.1, -0.05) is 0 Å². The van der Waals surface area contributed by atoms with Gasteiger partial charge in [-0.15, -0.1) is 0 Å². The molecule has 0 spiro atoms. The van der Waals surface area contributed by atoms with Crippen LogP contribution < -0.4 is 20.1 Å². The molecular formula is C16H22N4O6S. The second kappa shape index (κ2) is 7.31. The summed E-state index contributed by atoms with van der Waals surface area (Å²) in [4.78, 5) is 27.3. The van der Waals surface area contributed by atoms with Gasteiger partial charge in [-0.05, 0) is 25.8 Å². The van der Waals surface area contributed by atoms with Gasteiger partial charge in [0, 0.05) is 19.2 Å². The molecule has 2 aliphatic rings. The number of imide groups is 1. The molecule has 2 fully saturated rings. The summed E-state index contributed by atoms with van der Waals surface area (Å²) in [7, 11) is -2.17. The minimum absolute atomic E-state index is 0.151. The third-order valence-corrected chi connectivity index (χ3v) is 6.71. The molecule has 27 heavy (non-hydrogen) atoms. The Morgan fingerprint density at radius 1 is 1.30 bits per heavy atom. The van der Waals surface area contributed by atoms with E-state index >= 15 is 0 Å². The molecule has 10 nitrogen and oxygen atoms in total. The second-order valence-electron chi connectivity index (χ2n) is 6.75. The van der Waals surface area contributed by atoms with Crippen molar-refractivity contribution in [2.24, 2.45) is 0 Å². The number of piperidine rings is 1. The largest absolute Gasteiger partial charge is 0.495 e. The van der Waals surface area contributed by atoms with Crippen molar-refractivity contribution < 1.29 is 27.5 Å². The van der Waals surface area contributed by atoms with Gasteiger partial charge in [0.15, 0.2) is 0 Å². The number of aromatic nitrogens is 1. The topological polar surface area (TPSA) is 127 Å². The molecule has 0 radical (unpaired) electrons. The minimum atomic E-state index is -3.72. The van der Waals surface area contributed by atoms with Crippen molar-refractivity contribution in [3.05, 3.63) is 18.3 Å². The van der Waals surface area contributed by atoms with Crippen LogP contribution >= 0.6 is 0 Å². The van der Waals surface area contributed by atoms with E-state index in [4.69, 9.17) is 9.47 Å². The third kappa shape index (κ3) is 4.30. The Bertz CT molecular complexity index is 820. The van der Waals surface area contributed by atoms with Crippen LogP contribution in [0.15, 0.2) is 18.3 Å². The molecule has 1 aromatic rings. The van der Waals surface area contributed by atoms with E-state index in [1.165, 1.54) is 11.2 Å². The van der Waals surface area contributed by atoms with Crippen LogP contribution in [0.4, 0.5) is 4.79 Å². The highest BCUT2D eigenvalue weighted by Gasteiger charge is 2.46. The standard InChI is InChI=1S/C16H22N4O6S/c1-16(14(21)18-15(22)19-16)10-27(23,24)20-7-5-11(6-8-20)26-13-4-3-12(25-2)9-17-13/h3-4,9,11H,5-8,10H2,1-2H3,(H2,18,19,21,22). The first-order valence-electron chi connectivity index (χ1n) is 8.50. The number of nitrogens with one attached hydrogen (secondary N) is 2. The lowest BCUT2D eigenvalue weighted by Crippen LogP contribution is -2.53. The predicted molar refractivity (Wildman–Crippen MR) is 94.9 cm³/mol. The fourth-order valence-electron chi connectivity index (χ4n) is 3.09. The lowest BCUT2D eigenvalue weighted by molar-refractivity contribution is -0.122. The number of sulfonamides is 1. The zero-order valence-corrected chi connectivity index (χ0v) is 15.9. The Hall–Kier alpha value is -2.40. The van der Waals surface area contributed by atoms with Crippen LogP contribution in [0.5, 0.6) is 11.6 Å². The average molecular weight is 398 g/mol. The van der Waals surface area contributed by atoms with Crippen molar-refractivity contribution in [1.82, 2.24) is 19.9 Å². The molecule has 1 atom stereocenters. The summed E-state index contributed by atoms with van der Waals surface area (Å²) < 4.78 is 37.5.